The molecule has 0 amide bonds. The van der Waals surface area contributed by atoms with Crippen molar-refractivity contribution in [2.75, 3.05) is 0 Å². The fraction of sp³-hybridized carbons (Fsp3) is 0.273. The summed E-state index contributed by atoms with van der Waals surface area (Å²) in [4.78, 5) is 34.7. The van der Waals surface area contributed by atoms with Crippen LogP contribution in [0.25, 0.3) is 10.9 Å². The Labute approximate surface area is 237 Å². The molecule has 1 atom stereocenters. The van der Waals surface area contributed by atoms with Gasteiger partial charge >= 0.3 is 0 Å². The summed E-state index contributed by atoms with van der Waals surface area (Å²) < 4.78 is 26.2. The van der Waals surface area contributed by atoms with Crippen molar-refractivity contribution in [3.05, 3.63) is 101 Å². The maximum atomic E-state index is 14.1. The molecule has 3 aromatic carbocycles. The molecular weight excluding hydrogens is 527 g/mol. The van der Waals surface area contributed by atoms with E-state index in [1.807, 2.05) is 52.0 Å². The Kier molecular flexibility index (Phi) is 12.4. The largest absolute Gasteiger partial charge is 0.304 e. The van der Waals surface area contributed by atoms with Gasteiger partial charge in [0.2, 0.25) is 0 Å². The van der Waals surface area contributed by atoms with Crippen molar-refractivity contribution in [3.63, 3.8) is 0 Å². The number of halogens is 2. The van der Waals surface area contributed by atoms with E-state index < -0.39 is 0 Å². The van der Waals surface area contributed by atoms with Gasteiger partial charge in [-0.15, -0.1) is 0 Å². The fourth-order valence-corrected chi connectivity index (χ4v) is 4.63. The molecule has 0 radical (unpaired) electrons. The van der Waals surface area contributed by atoms with E-state index in [1.54, 1.807) is 37.4 Å². The number of aryl methyl sites for hydroxylation is 3. The molecule has 5 rings (SSSR count). The van der Waals surface area contributed by atoms with Crippen LogP contribution in [0.5, 0.6) is 0 Å². The average Bonchev–Trinajstić information content (AvgIpc) is 3.67. The minimum atomic E-state index is -0.176. The lowest BCUT2D eigenvalue weighted by Crippen LogP contribution is -2.09. The van der Waals surface area contributed by atoms with Crippen LogP contribution in [0.3, 0.4) is 0 Å². The predicted molar refractivity (Wildman–Crippen MR) is 161 cm³/mol. The van der Waals surface area contributed by atoms with Gasteiger partial charge in [0.1, 0.15) is 30.0 Å². The second-order valence-electron chi connectivity index (χ2n) is 9.96. The van der Waals surface area contributed by atoms with Crippen molar-refractivity contribution < 1.29 is 23.2 Å². The first kappa shape index (κ1) is 32.6. The van der Waals surface area contributed by atoms with E-state index >= 15 is 0 Å². The van der Waals surface area contributed by atoms with E-state index in [0.717, 1.165) is 58.3 Å². The normalized spacial score (nSPS) is 12.7. The Bertz CT molecular complexity index is 1440. The van der Waals surface area contributed by atoms with Gasteiger partial charge in [0, 0.05) is 27.9 Å². The molecule has 0 N–H and O–H groups in total. The highest BCUT2D eigenvalue weighted by atomic mass is 31.1. The van der Waals surface area contributed by atoms with Crippen molar-refractivity contribution in [2.45, 2.75) is 54.4 Å². The van der Waals surface area contributed by atoms with E-state index in [9.17, 15) is 18.4 Å². The number of rotatable bonds is 4. The maximum Gasteiger partial charge on any atom is 0.150 e. The van der Waals surface area contributed by atoms with E-state index in [0.29, 0.717) is 16.7 Å². The highest BCUT2D eigenvalue weighted by Crippen LogP contribution is 2.45. The number of hydrogen-bond donors (Lipinski definition) is 0. The van der Waals surface area contributed by atoms with Crippen LogP contribution in [0, 0.1) is 37.8 Å². The van der Waals surface area contributed by atoms with Gasteiger partial charge in [-0.25, -0.2) is 8.78 Å². The molecule has 1 saturated carbocycles. The molecule has 1 aliphatic carbocycles. The Hall–Kier alpha value is -3.63. The lowest BCUT2D eigenvalue weighted by Gasteiger charge is -2.09. The van der Waals surface area contributed by atoms with Gasteiger partial charge in [-0.1, -0.05) is 45.3 Å². The molecule has 40 heavy (non-hydrogen) atoms. The summed E-state index contributed by atoms with van der Waals surface area (Å²) >= 11 is 0. The van der Waals surface area contributed by atoms with Gasteiger partial charge in [-0.2, -0.15) is 0 Å². The first-order valence-corrected chi connectivity index (χ1v) is 13.9. The van der Waals surface area contributed by atoms with Gasteiger partial charge in [0.25, 0.3) is 0 Å². The highest BCUT2D eigenvalue weighted by Gasteiger charge is 2.41. The van der Waals surface area contributed by atoms with Crippen LogP contribution in [-0.2, 0) is 9.59 Å². The van der Waals surface area contributed by atoms with Crippen molar-refractivity contribution in [3.8, 4) is 0 Å². The molecule has 1 aromatic heterocycles. The van der Waals surface area contributed by atoms with E-state index in [1.165, 1.54) is 19.1 Å². The number of Topliss-reactive ketones (excluding diaryl/α,β-unsaturated/α-hetero) is 1. The number of aldehydes is 2. The topological polar surface area (TPSA) is 64.1 Å². The number of fused-ring (bicyclic) bond motifs is 1. The standard InChI is InChI=1S/C18H15FNOP.C7H7F.C6H10O.C2H4O/c1-11-3-4-18(15(19)7-11)22-17-5-6-20-16-9-13(10-21)12(2)8-14(16)17;1-6-2-4-7(8)5-3-6;1-5(7)6(2)3-4-6;1-2-3/h3-10,22H,1-2H3;2-5H,1H3;3-4H2,1-2H3;2H,1H3. The van der Waals surface area contributed by atoms with Gasteiger partial charge in [0.05, 0.1) is 5.52 Å². The Morgan fingerprint density at radius 1 is 0.900 bits per heavy atom. The zero-order chi connectivity index (χ0) is 29.9. The maximum absolute atomic E-state index is 14.1. The van der Waals surface area contributed by atoms with Crippen molar-refractivity contribution >= 4 is 48.4 Å². The van der Waals surface area contributed by atoms with Crippen LogP contribution in [-0.4, -0.2) is 23.3 Å². The third-order valence-corrected chi connectivity index (χ3v) is 7.89. The van der Waals surface area contributed by atoms with Gasteiger partial charge in [-0.05, 0) is 100 Å². The quantitative estimate of drug-likeness (QED) is 0.195. The second kappa shape index (κ2) is 15.2. The van der Waals surface area contributed by atoms with Crippen LogP contribution < -0.4 is 10.6 Å². The molecular formula is C33H36F2NO3P. The van der Waals surface area contributed by atoms with E-state index in [2.05, 4.69) is 4.98 Å². The molecule has 7 heteroatoms. The first-order chi connectivity index (χ1) is 18.9. The number of carbonyl (C=O) groups is 3. The predicted octanol–water partition coefficient (Wildman–Crippen LogP) is 7.15. The first-order valence-electron chi connectivity index (χ1n) is 12.9. The zero-order valence-electron chi connectivity index (χ0n) is 23.8. The molecule has 1 aliphatic rings. The van der Waals surface area contributed by atoms with E-state index in [4.69, 9.17) is 4.79 Å². The van der Waals surface area contributed by atoms with Crippen LogP contribution in [0.1, 0.15) is 60.7 Å². The van der Waals surface area contributed by atoms with Gasteiger partial charge in [-0.3, -0.25) is 14.6 Å². The summed E-state index contributed by atoms with van der Waals surface area (Å²) in [5.41, 5.74) is 4.43. The zero-order valence-corrected chi connectivity index (χ0v) is 24.8. The van der Waals surface area contributed by atoms with Crippen LogP contribution in [0.2, 0.25) is 0 Å². The SMILES string of the molecule is CC(=O)C1(C)CC1.CC=O.Cc1ccc(F)cc1.Cc1ccc(Pc2ccnc3cc(C=O)c(C)cc23)c(F)c1. The van der Waals surface area contributed by atoms with Gasteiger partial charge in [0.15, 0.2) is 0 Å². The minimum Gasteiger partial charge on any atom is -0.304 e. The number of ketones is 1. The smallest absolute Gasteiger partial charge is 0.150 e. The molecule has 0 bridgehead atoms. The molecule has 0 aliphatic heterocycles. The summed E-state index contributed by atoms with van der Waals surface area (Å²) in [6.45, 7) is 10.8. The fourth-order valence-electron chi connectivity index (χ4n) is 3.49. The third kappa shape index (κ3) is 9.84. The average molecular weight is 564 g/mol. The second-order valence-corrected chi connectivity index (χ2v) is 11.3. The summed E-state index contributed by atoms with van der Waals surface area (Å²) in [6.07, 6.45) is 5.52. The number of hydrogen-bond acceptors (Lipinski definition) is 4. The summed E-state index contributed by atoms with van der Waals surface area (Å²) in [5, 5.41) is 2.70. The van der Waals surface area contributed by atoms with Gasteiger partial charge < -0.3 is 4.79 Å². The number of carbonyl (C=O) groups excluding carboxylic acids is 3. The molecule has 4 nitrogen and oxygen atoms in total. The van der Waals surface area contributed by atoms with Crippen molar-refractivity contribution in [2.24, 2.45) is 5.41 Å². The molecule has 0 spiro atoms. The summed E-state index contributed by atoms with van der Waals surface area (Å²) in [6, 6.07) is 17.4. The van der Waals surface area contributed by atoms with Crippen LogP contribution in [0.4, 0.5) is 8.78 Å². The molecule has 210 valence electrons. The Morgan fingerprint density at radius 3 is 1.98 bits per heavy atom. The van der Waals surface area contributed by atoms with Crippen LogP contribution >= 0.6 is 8.58 Å². The Balaban J connectivity index is 0.000000253. The van der Waals surface area contributed by atoms with Crippen molar-refractivity contribution in [1.82, 2.24) is 4.98 Å². The van der Waals surface area contributed by atoms with Crippen molar-refractivity contribution in [1.29, 1.82) is 0 Å². The minimum absolute atomic E-state index is 0.111. The molecule has 1 fully saturated rings. The molecule has 4 aromatic rings. The monoisotopic (exact) mass is 563 g/mol. The number of benzene rings is 3. The molecule has 1 heterocycles. The summed E-state index contributed by atoms with van der Waals surface area (Å²) in [5.74, 6) is 0.00706. The molecule has 1 unspecified atom stereocenters. The Morgan fingerprint density at radius 2 is 1.50 bits per heavy atom. The lowest BCUT2D eigenvalue weighted by molar-refractivity contribution is -0.121. The number of pyridine rings is 1. The number of nitrogens with zero attached hydrogens (tertiary/aromatic N) is 1. The number of aromatic nitrogens is 1. The third-order valence-electron chi connectivity index (χ3n) is 6.51. The molecule has 0 saturated heterocycles. The van der Waals surface area contributed by atoms with E-state index in [-0.39, 0.29) is 25.6 Å². The van der Waals surface area contributed by atoms with Crippen LogP contribution in [0.15, 0.2) is 66.9 Å². The highest BCUT2D eigenvalue weighted by molar-refractivity contribution is 7.56. The lowest BCUT2D eigenvalue weighted by atomic mass is 10.1. The summed E-state index contributed by atoms with van der Waals surface area (Å²) in [7, 11) is 0.216.